The molecule has 1 amide bonds. The minimum absolute atomic E-state index is 0.274. The average molecular weight is 400 g/mol. The van der Waals surface area contributed by atoms with E-state index in [-0.39, 0.29) is 17.6 Å². The molecule has 1 aromatic carbocycles. The number of nitrogens with one attached hydrogen (secondary N) is 1. The van der Waals surface area contributed by atoms with Crippen LogP contribution in [-0.4, -0.2) is 35.7 Å². The molecule has 0 spiro atoms. The van der Waals surface area contributed by atoms with E-state index in [0.717, 1.165) is 10.6 Å². The number of hydrogen-bond donors (Lipinski definition) is 1. The first-order valence-corrected chi connectivity index (χ1v) is 9.09. The van der Waals surface area contributed by atoms with Crippen LogP contribution in [0.1, 0.15) is 35.6 Å². The number of carbonyl (C=O) groups excluding carboxylic acids is 2. The highest BCUT2D eigenvalue weighted by Gasteiger charge is 2.26. The monoisotopic (exact) mass is 400 g/mol. The number of nitrogens with zero attached hydrogens (tertiary/aromatic N) is 1. The number of amides is 1. The van der Waals surface area contributed by atoms with Crippen LogP contribution in [0.4, 0.5) is 13.2 Å². The number of ether oxygens (including phenoxy) is 1. The number of hydrogen-bond acceptors (Lipinski definition) is 5. The van der Waals surface area contributed by atoms with Gasteiger partial charge in [0.2, 0.25) is 0 Å². The number of aromatic nitrogens is 1. The van der Waals surface area contributed by atoms with Crippen LogP contribution in [0.15, 0.2) is 29.6 Å². The van der Waals surface area contributed by atoms with Gasteiger partial charge in [-0.3, -0.25) is 9.59 Å². The van der Waals surface area contributed by atoms with Crippen molar-refractivity contribution in [3.8, 4) is 11.3 Å². The van der Waals surface area contributed by atoms with E-state index in [0.29, 0.717) is 12.1 Å². The van der Waals surface area contributed by atoms with Gasteiger partial charge in [-0.1, -0.05) is 12.1 Å². The van der Waals surface area contributed by atoms with Gasteiger partial charge in [0.05, 0.1) is 17.1 Å². The molecule has 2 aromatic rings. The molecule has 0 aliphatic carbocycles. The molecule has 2 rings (SSSR count). The van der Waals surface area contributed by atoms with E-state index in [2.05, 4.69) is 10.3 Å². The molecule has 146 valence electrons. The minimum atomic E-state index is -4.30. The van der Waals surface area contributed by atoms with Gasteiger partial charge in [0.25, 0.3) is 5.91 Å². The summed E-state index contributed by atoms with van der Waals surface area (Å²) in [5, 5.41) is 4.91. The number of alkyl halides is 3. The topological polar surface area (TPSA) is 68.3 Å². The molecule has 0 aliphatic heterocycles. The quantitative estimate of drug-likeness (QED) is 0.714. The zero-order valence-electron chi connectivity index (χ0n) is 14.8. The van der Waals surface area contributed by atoms with Crippen LogP contribution in [-0.2, 0) is 16.0 Å². The lowest BCUT2D eigenvalue weighted by molar-refractivity contribution is -0.145. The van der Waals surface area contributed by atoms with Crippen molar-refractivity contribution in [3.05, 3.63) is 40.2 Å². The van der Waals surface area contributed by atoms with Crippen molar-refractivity contribution < 1.29 is 27.5 Å². The fourth-order valence-corrected chi connectivity index (χ4v) is 3.24. The van der Waals surface area contributed by atoms with Crippen molar-refractivity contribution in [3.63, 3.8) is 0 Å². The second-order valence-corrected chi connectivity index (χ2v) is 6.89. The molecule has 9 heteroatoms. The van der Waals surface area contributed by atoms with Crippen molar-refractivity contribution in [1.29, 1.82) is 0 Å². The Morgan fingerprint density at radius 3 is 2.52 bits per heavy atom. The Bertz CT molecular complexity index is 788. The van der Waals surface area contributed by atoms with E-state index in [9.17, 15) is 22.8 Å². The van der Waals surface area contributed by atoms with E-state index >= 15 is 0 Å². The molecule has 0 radical (unpaired) electrons. The Morgan fingerprint density at radius 2 is 1.93 bits per heavy atom. The highest BCUT2D eigenvalue weighted by molar-refractivity contribution is 7.09. The summed E-state index contributed by atoms with van der Waals surface area (Å²) in [5.74, 6) is -0.900. The third-order valence-electron chi connectivity index (χ3n) is 3.52. The number of carbonyl (C=O) groups is 2. The first-order valence-electron chi connectivity index (χ1n) is 8.21. The summed E-state index contributed by atoms with van der Waals surface area (Å²) < 4.78 is 41.4. The summed E-state index contributed by atoms with van der Waals surface area (Å²) in [4.78, 5) is 27.3. The lowest BCUT2D eigenvalue weighted by Crippen LogP contribution is -2.27. The van der Waals surface area contributed by atoms with Crippen LogP contribution in [0.3, 0.4) is 0 Å². The molecule has 0 saturated heterocycles. The Hall–Kier alpha value is -2.42. The van der Waals surface area contributed by atoms with E-state index in [4.69, 9.17) is 4.74 Å². The van der Waals surface area contributed by atoms with E-state index < -0.39 is 25.0 Å². The Balaban J connectivity index is 1.95. The molecule has 1 N–H and O–H groups in total. The predicted octanol–water partition coefficient (Wildman–Crippen LogP) is 3.99. The number of benzene rings is 1. The molecule has 0 fully saturated rings. The maximum atomic E-state index is 12.1. The standard InChI is InChI=1S/C18H19F3N2O3S/c1-11(26-12(2)24)9-16-23-15(10-27-16)13-3-5-14(6-4-13)17(25)22-8-7-18(19,20)21/h3-6,10-11H,7-9H2,1-2H3,(H,22,25). The predicted molar refractivity (Wildman–Crippen MR) is 95.5 cm³/mol. The third-order valence-corrected chi connectivity index (χ3v) is 4.39. The van der Waals surface area contributed by atoms with Gasteiger partial charge in [0.15, 0.2) is 0 Å². The molecule has 5 nitrogen and oxygen atoms in total. The molecule has 0 saturated carbocycles. The van der Waals surface area contributed by atoms with Gasteiger partial charge in [-0.25, -0.2) is 4.98 Å². The van der Waals surface area contributed by atoms with Crippen molar-refractivity contribution in [2.24, 2.45) is 0 Å². The molecular weight excluding hydrogens is 381 g/mol. The smallest absolute Gasteiger partial charge is 0.390 e. The van der Waals surface area contributed by atoms with Crippen LogP contribution in [0.25, 0.3) is 11.3 Å². The largest absolute Gasteiger partial charge is 0.462 e. The summed E-state index contributed by atoms with van der Waals surface area (Å²) in [6.07, 6.45) is -5.13. The molecule has 1 unspecified atom stereocenters. The average Bonchev–Trinajstić information content (AvgIpc) is 3.01. The van der Waals surface area contributed by atoms with Gasteiger partial charge in [-0.15, -0.1) is 11.3 Å². The lowest BCUT2D eigenvalue weighted by atomic mass is 10.1. The number of esters is 1. The van der Waals surface area contributed by atoms with E-state index in [1.54, 1.807) is 31.2 Å². The second-order valence-electron chi connectivity index (χ2n) is 5.95. The molecule has 1 heterocycles. The van der Waals surface area contributed by atoms with E-state index in [1.165, 1.54) is 18.3 Å². The van der Waals surface area contributed by atoms with E-state index in [1.807, 2.05) is 5.38 Å². The van der Waals surface area contributed by atoms with Crippen LogP contribution in [0, 0.1) is 0 Å². The third kappa shape index (κ3) is 7.01. The summed E-state index contributed by atoms with van der Waals surface area (Å²) in [7, 11) is 0. The highest BCUT2D eigenvalue weighted by atomic mass is 32.1. The van der Waals surface area contributed by atoms with Gasteiger partial charge >= 0.3 is 12.1 Å². The second kappa shape index (κ2) is 8.98. The molecule has 0 aliphatic rings. The number of rotatable bonds is 7. The number of halogens is 3. The van der Waals surface area contributed by atoms with Gasteiger partial charge in [0.1, 0.15) is 6.10 Å². The zero-order chi connectivity index (χ0) is 20.0. The van der Waals surface area contributed by atoms with Crippen molar-refractivity contribution in [2.45, 2.75) is 39.0 Å². The van der Waals surface area contributed by atoms with Gasteiger partial charge in [-0.05, 0) is 19.1 Å². The maximum Gasteiger partial charge on any atom is 0.390 e. The van der Waals surface area contributed by atoms with Crippen LogP contribution in [0.5, 0.6) is 0 Å². The van der Waals surface area contributed by atoms with Crippen molar-refractivity contribution >= 4 is 23.2 Å². The number of thiazole rings is 1. The van der Waals surface area contributed by atoms with Gasteiger partial charge in [-0.2, -0.15) is 13.2 Å². The molecular formula is C18H19F3N2O3S. The summed E-state index contributed by atoms with van der Waals surface area (Å²) in [6, 6.07) is 6.46. The zero-order valence-corrected chi connectivity index (χ0v) is 15.6. The normalized spacial score (nSPS) is 12.5. The summed E-state index contributed by atoms with van der Waals surface area (Å²) in [5.41, 5.74) is 1.78. The molecule has 1 atom stereocenters. The maximum absolute atomic E-state index is 12.1. The lowest BCUT2D eigenvalue weighted by Gasteiger charge is -2.09. The fourth-order valence-electron chi connectivity index (χ4n) is 2.32. The first-order chi connectivity index (χ1) is 12.6. The van der Waals surface area contributed by atoms with Crippen LogP contribution < -0.4 is 5.32 Å². The van der Waals surface area contributed by atoms with Crippen molar-refractivity contribution in [1.82, 2.24) is 10.3 Å². The fraction of sp³-hybridized carbons (Fsp3) is 0.389. The molecule has 0 bridgehead atoms. The van der Waals surface area contributed by atoms with Gasteiger partial charge in [0, 0.05) is 36.4 Å². The Morgan fingerprint density at radius 1 is 1.26 bits per heavy atom. The highest BCUT2D eigenvalue weighted by Crippen LogP contribution is 2.23. The Kier molecular flexibility index (Phi) is 6.95. The van der Waals surface area contributed by atoms with Crippen molar-refractivity contribution in [2.75, 3.05) is 6.54 Å². The first kappa shape index (κ1) is 20.9. The van der Waals surface area contributed by atoms with Crippen LogP contribution >= 0.6 is 11.3 Å². The Labute approximate surface area is 158 Å². The molecule has 1 aromatic heterocycles. The van der Waals surface area contributed by atoms with Gasteiger partial charge < -0.3 is 10.1 Å². The summed E-state index contributed by atoms with van der Waals surface area (Å²) >= 11 is 1.44. The SMILES string of the molecule is CC(=O)OC(C)Cc1nc(-c2ccc(C(=O)NCCC(F)(F)F)cc2)cs1. The van der Waals surface area contributed by atoms with Crippen LogP contribution in [0.2, 0.25) is 0 Å². The minimum Gasteiger partial charge on any atom is -0.462 e. The summed E-state index contributed by atoms with van der Waals surface area (Å²) in [6.45, 7) is 2.68. The molecule has 27 heavy (non-hydrogen) atoms.